The molecule has 0 N–H and O–H groups in total. The number of fused-ring (bicyclic) bond motifs is 1. The van der Waals surface area contributed by atoms with Crippen LogP contribution in [-0.2, 0) is 16.0 Å². The zero-order chi connectivity index (χ0) is 18.6. The first kappa shape index (κ1) is 19.3. The van der Waals surface area contributed by atoms with E-state index in [4.69, 9.17) is 25.5 Å². The Morgan fingerprint density at radius 3 is 2.60 bits per heavy atom. The van der Waals surface area contributed by atoms with Gasteiger partial charge in [0.1, 0.15) is 16.9 Å². The SMILES string of the molecule is CCCCc1cc(=O)oc2cc(OCC(=O)OC(C)(C)C)c(Cl)cc12. The molecular formula is C19H23ClO5. The first-order valence-corrected chi connectivity index (χ1v) is 8.68. The Balaban J connectivity index is 2.26. The minimum absolute atomic E-state index is 0.274. The molecule has 0 spiro atoms. The smallest absolute Gasteiger partial charge is 0.344 e. The molecule has 0 amide bonds. The monoisotopic (exact) mass is 366 g/mol. The van der Waals surface area contributed by atoms with Crippen LogP contribution in [0.3, 0.4) is 0 Å². The second-order valence-electron chi connectivity index (χ2n) is 6.85. The highest BCUT2D eigenvalue weighted by atomic mass is 35.5. The largest absolute Gasteiger partial charge is 0.480 e. The van der Waals surface area contributed by atoms with E-state index < -0.39 is 17.2 Å². The van der Waals surface area contributed by atoms with Gasteiger partial charge in [-0.2, -0.15) is 0 Å². The van der Waals surface area contributed by atoms with E-state index in [1.54, 1.807) is 32.9 Å². The van der Waals surface area contributed by atoms with Gasteiger partial charge in [-0.1, -0.05) is 24.9 Å². The molecule has 1 aromatic carbocycles. The van der Waals surface area contributed by atoms with E-state index >= 15 is 0 Å². The van der Waals surface area contributed by atoms with E-state index in [0.717, 1.165) is 30.2 Å². The molecule has 0 atom stereocenters. The zero-order valence-electron chi connectivity index (χ0n) is 15.0. The number of esters is 1. The summed E-state index contributed by atoms with van der Waals surface area (Å²) in [7, 11) is 0. The van der Waals surface area contributed by atoms with E-state index in [1.807, 2.05) is 0 Å². The van der Waals surface area contributed by atoms with Crippen molar-refractivity contribution in [3.05, 3.63) is 39.2 Å². The Bertz CT molecular complexity index is 817. The van der Waals surface area contributed by atoms with Gasteiger partial charge in [0.25, 0.3) is 0 Å². The molecule has 0 bridgehead atoms. The van der Waals surface area contributed by atoms with Gasteiger partial charge in [-0.15, -0.1) is 0 Å². The summed E-state index contributed by atoms with van der Waals surface area (Å²) in [5, 5.41) is 1.13. The van der Waals surface area contributed by atoms with Gasteiger partial charge in [-0.3, -0.25) is 0 Å². The fourth-order valence-electron chi connectivity index (χ4n) is 2.42. The lowest BCUT2D eigenvalue weighted by atomic mass is 10.0. The topological polar surface area (TPSA) is 65.7 Å². The van der Waals surface area contributed by atoms with Crippen molar-refractivity contribution in [3.8, 4) is 5.75 Å². The molecule has 1 heterocycles. The van der Waals surface area contributed by atoms with Crippen molar-refractivity contribution >= 4 is 28.5 Å². The minimum atomic E-state index is -0.589. The number of aryl methyl sites for hydroxylation is 1. The number of carbonyl (C=O) groups is 1. The number of unbranched alkanes of at least 4 members (excludes halogenated alkanes) is 1. The average Bonchev–Trinajstić information content (AvgIpc) is 2.49. The molecule has 2 aromatic rings. The van der Waals surface area contributed by atoms with Crippen LogP contribution in [-0.4, -0.2) is 18.2 Å². The van der Waals surface area contributed by atoms with E-state index in [1.165, 1.54) is 6.07 Å². The molecule has 0 radical (unpaired) electrons. The van der Waals surface area contributed by atoms with Crippen LogP contribution in [0.4, 0.5) is 0 Å². The summed E-state index contributed by atoms with van der Waals surface area (Å²) >= 11 is 6.27. The van der Waals surface area contributed by atoms with Crippen molar-refractivity contribution in [3.63, 3.8) is 0 Å². The van der Waals surface area contributed by atoms with Crippen LogP contribution in [0.1, 0.15) is 46.1 Å². The van der Waals surface area contributed by atoms with E-state index in [2.05, 4.69) is 6.92 Å². The number of ether oxygens (including phenoxy) is 2. The third-order valence-electron chi connectivity index (χ3n) is 3.45. The van der Waals surface area contributed by atoms with Crippen molar-refractivity contribution in [1.29, 1.82) is 0 Å². The Labute approximate surface area is 151 Å². The summed E-state index contributed by atoms with van der Waals surface area (Å²) < 4.78 is 15.9. The van der Waals surface area contributed by atoms with E-state index in [0.29, 0.717) is 10.6 Å². The van der Waals surface area contributed by atoms with Crippen LogP contribution in [0.15, 0.2) is 27.4 Å². The van der Waals surface area contributed by atoms with Gasteiger partial charge in [-0.05, 0) is 45.2 Å². The number of carbonyl (C=O) groups excluding carboxylic acids is 1. The lowest BCUT2D eigenvalue weighted by Crippen LogP contribution is -2.27. The molecule has 0 aliphatic rings. The van der Waals surface area contributed by atoms with Gasteiger partial charge in [0.15, 0.2) is 6.61 Å². The molecule has 2 rings (SSSR count). The Morgan fingerprint density at radius 2 is 1.96 bits per heavy atom. The van der Waals surface area contributed by atoms with Crippen LogP contribution in [0.25, 0.3) is 11.0 Å². The zero-order valence-corrected chi connectivity index (χ0v) is 15.7. The first-order chi connectivity index (χ1) is 11.7. The molecule has 5 nitrogen and oxygen atoms in total. The Hall–Kier alpha value is -2.01. The fourth-order valence-corrected chi connectivity index (χ4v) is 2.64. The highest BCUT2D eigenvalue weighted by Crippen LogP contribution is 2.31. The molecule has 1 aromatic heterocycles. The number of halogens is 1. The summed E-state index contributed by atoms with van der Waals surface area (Å²) in [5.41, 5.74) is 0.282. The number of rotatable bonds is 6. The van der Waals surface area contributed by atoms with Crippen LogP contribution < -0.4 is 10.4 Å². The maximum Gasteiger partial charge on any atom is 0.344 e. The molecule has 136 valence electrons. The number of hydrogen-bond acceptors (Lipinski definition) is 5. The van der Waals surface area contributed by atoms with Crippen LogP contribution in [0.2, 0.25) is 5.02 Å². The molecule has 6 heteroatoms. The average molecular weight is 367 g/mol. The maximum atomic E-state index is 11.8. The molecule has 25 heavy (non-hydrogen) atoms. The first-order valence-electron chi connectivity index (χ1n) is 8.30. The van der Waals surface area contributed by atoms with Crippen molar-refractivity contribution in [2.75, 3.05) is 6.61 Å². The quantitative estimate of drug-likeness (QED) is 0.556. The van der Waals surface area contributed by atoms with Crippen LogP contribution in [0, 0.1) is 0 Å². The van der Waals surface area contributed by atoms with Crippen molar-refractivity contribution in [1.82, 2.24) is 0 Å². The van der Waals surface area contributed by atoms with Gasteiger partial charge >= 0.3 is 11.6 Å². The maximum absolute atomic E-state index is 11.8. The molecule has 0 aliphatic carbocycles. The van der Waals surface area contributed by atoms with E-state index in [9.17, 15) is 9.59 Å². The molecule has 0 fully saturated rings. The normalized spacial score (nSPS) is 11.6. The van der Waals surface area contributed by atoms with E-state index in [-0.39, 0.29) is 12.4 Å². The van der Waals surface area contributed by atoms with Crippen molar-refractivity contribution in [2.24, 2.45) is 0 Å². The number of benzene rings is 1. The highest BCUT2D eigenvalue weighted by Gasteiger charge is 2.18. The third-order valence-corrected chi connectivity index (χ3v) is 3.74. The lowest BCUT2D eigenvalue weighted by molar-refractivity contribution is -0.157. The summed E-state index contributed by atoms with van der Waals surface area (Å²) in [6.45, 7) is 7.15. The molecule has 0 unspecified atom stereocenters. The summed E-state index contributed by atoms with van der Waals surface area (Å²) in [6, 6.07) is 4.74. The van der Waals surface area contributed by atoms with Crippen molar-refractivity contribution < 1.29 is 18.7 Å². The summed E-state index contributed by atoms with van der Waals surface area (Å²) in [5.74, 6) is -0.224. The molecule has 0 aliphatic heterocycles. The molecule has 0 saturated heterocycles. The second kappa shape index (κ2) is 7.91. The van der Waals surface area contributed by atoms with Gasteiger partial charge in [0.05, 0.1) is 5.02 Å². The Kier molecular flexibility index (Phi) is 6.11. The summed E-state index contributed by atoms with van der Waals surface area (Å²) in [6.07, 6.45) is 2.76. The molecule has 0 saturated carbocycles. The third kappa shape index (κ3) is 5.49. The standard InChI is InChI=1S/C19H23ClO5/c1-5-6-7-12-8-17(21)24-15-10-16(14(20)9-13(12)15)23-11-18(22)25-19(2,3)4/h8-10H,5-7,11H2,1-4H3. The van der Waals surface area contributed by atoms with Gasteiger partial charge < -0.3 is 13.9 Å². The van der Waals surface area contributed by atoms with Gasteiger partial charge in [0, 0.05) is 17.5 Å². The summed E-state index contributed by atoms with van der Waals surface area (Å²) in [4.78, 5) is 23.5. The minimum Gasteiger partial charge on any atom is -0.480 e. The van der Waals surface area contributed by atoms with Crippen LogP contribution in [0.5, 0.6) is 5.75 Å². The second-order valence-corrected chi connectivity index (χ2v) is 7.26. The predicted octanol–water partition coefficient (Wildman–Crippen LogP) is 4.51. The molecular weight excluding hydrogens is 344 g/mol. The van der Waals surface area contributed by atoms with Gasteiger partial charge in [-0.25, -0.2) is 9.59 Å². The number of hydrogen-bond donors (Lipinski definition) is 0. The van der Waals surface area contributed by atoms with Crippen molar-refractivity contribution in [2.45, 2.75) is 52.6 Å². The Morgan fingerprint density at radius 1 is 1.24 bits per heavy atom. The fraction of sp³-hybridized carbons (Fsp3) is 0.474. The van der Waals surface area contributed by atoms with Crippen LogP contribution >= 0.6 is 11.6 Å². The predicted molar refractivity (Wildman–Crippen MR) is 97.4 cm³/mol. The lowest BCUT2D eigenvalue weighted by Gasteiger charge is -2.19. The highest BCUT2D eigenvalue weighted by molar-refractivity contribution is 6.32. The van der Waals surface area contributed by atoms with Gasteiger partial charge in [0.2, 0.25) is 0 Å².